The molecule has 2 rings (SSSR count). The van der Waals surface area contributed by atoms with Gasteiger partial charge in [-0.25, -0.2) is 4.98 Å². The number of rotatable bonds is 0. The molecule has 0 radical (unpaired) electrons. The molecule has 0 aromatic carbocycles. The van der Waals surface area contributed by atoms with E-state index in [-0.39, 0.29) is 0 Å². The van der Waals surface area contributed by atoms with Crippen molar-refractivity contribution in [3.8, 4) is 0 Å². The van der Waals surface area contributed by atoms with Crippen LogP contribution in [0.5, 0.6) is 0 Å². The van der Waals surface area contributed by atoms with Crippen molar-refractivity contribution in [3.63, 3.8) is 0 Å². The Hall–Kier alpha value is -0.700. The third kappa shape index (κ3) is 1.80. The summed E-state index contributed by atoms with van der Waals surface area (Å²) in [6, 6.07) is 0. The number of aromatic nitrogens is 2. The molecule has 1 aliphatic rings. The molecule has 0 atom stereocenters. The van der Waals surface area contributed by atoms with Gasteiger partial charge in [-0.3, -0.25) is 0 Å². The van der Waals surface area contributed by atoms with Gasteiger partial charge in [0.05, 0.1) is 0 Å². The predicted octanol–water partition coefficient (Wildman–Crippen LogP) is 2.72. The minimum absolute atomic E-state index is 0.637. The van der Waals surface area contributed by atoms with E-state index in [9.17, 15) is 0 Å². The Labute approximate surface area is 83.4 Å². The molecule has 0 bridgehead atoms. The number of nitrogens with one attached hydrogen (secondary N) is 1. The normalized spacial score (nSPS) is 16.4. The average Bonchev–Trinajstić information content (AvgIpc) is 2.28. The summed E-state index contributed by atoms with van der Waals surface area (Å²) in [7, 11) is 0. The molecule has 1 N–H and O–H groups in total. The fraction of sp³-hybridized carbons (Fsp3) is 0.600. The van der Waals surface area contributed by atoms with Crippen molar-refractivity contribution in [3.05, 3.63) is 21.7 Å². The van der Waals surface area contributed by atoms with Crippen LogP contribution in [0.2, 0.25) is 0 Å². The zero-order valence-electron chi connectivity index (χ0n) is 7.89. The highest BCUT2D eigenvalue weighted by Crippen LogP contribution is 2.20. The highest BCUT2D eigenvalue weighted by Gasteiger charge is 2.11. The van der Waals surface area contributed by atoms with Gasteiger partial charge < -0.3 is 4.98 Å². The van der Waals surface area contributed by atoms with Crippen molar-refractivity contribution in [2.45, 2.75) is 39.0 Å². The summed E-state index contributed by atoms with van der Waals surface area (Å²) in [6.07, 6.45) is 6.15. The number of nitrogens with zero attached hydrogens (tertiary/aromatic N) is 1. The molecule has 3 heteroatoms. The second-order valence-electron chi connectivity index (χ2n) is 3.65. The lowest BCUT2D eigenvalue weighted by Gasteiger charge is -2.07. The standard InChI is InChI=1S/C10H14N2S/c1-7-8-5-3-2-4-6-9(8)12-10(13)11-7/h2-6H2,1H3,(H,11,12,13). The van der Waals surface area contributed by atoms with Crippen LogP contribution >= 0.6 is 12.2 Å². The lowest BCUT2D eigenvalue weighted by atomic mass is 10.1. The molecule has 0 aliphatic heterocycles. The zero-order valence-corrected chi connectivity index (χ0v) is 8.71. The first-order valence-electron chi connectivity index (χ1n) is 4.86. The van der Waals surface area contributed by atoms with Crippen LogP contribution in [0.3, 0.4) is 0 Å². The molecule has 1 aromatic rings. The van der Waals surface area contributed by atoms with Gasteiger partial charge in [0.1, 0.15) is 0 Å². The molecule has 70 valence electrons. The van der Waals surface area contributed by atoms with Crippen LogP contribution in [0.15, 0.2) is 0 Å². The SMILES string of the molecule is Cc1[nH]c(=S)nc2c1CCCCC2. The van der Waals surface area contributed by atoms with Crippen LogP contribution in [0.4, 0.5) is 0 Å². The molecule has 0 amide bonds. The molecule has 2 nitrogen and oxygen atoms in total. The first-order valence-corrected chi connectivity index (χ1v) is 5.27. The fourth-order valence-electron chi connectivity index (χ4n) is 1.98. The molecule has 1 heterocycles. The van der Waals surface area contributed by atoms with E-state index in [4.69, 9.17) is 12.2 Å². The topological polar surface area (TPSA) is 28.7 Å². The lowest BCUT2D eigenvalue weighted by Crippen LogP contribution is -2.01. The second-order valence-corrected chi connectivity index (χ2v) is 4.04. The van der Waals surface area contributed by atoms with Gasteiger partial charge in [0.25, 0.3) is 0 Å². The van der Waals surface area contributed by atoms with Crippen molar-refractivity contribution < 1.29 is 0 Å². The summed E-state index contributed by atoms with van der Waals surface area (Å²) in [5.74, 6) is 0. The summed E-state index contributed by atoms with van der Waals surface area (Å²) in [6.45, 7) is 2.10. The Morgan fingerprint density at radius 1 is 1.23 bits per heavy atom. The van der Waals surface area contributed by atoms with Crippen LogP contribution in [0, 0.1) is 11.7 Å². The molecule has 0 spiro atoms. The quantitative estimate of drug-likeness (QED) is 0.508. The molecule has 0 saturated heterocycles. The highest BCUT2D eigenvalue weighted by atomic mass is 32.1. The van der Waals surface area contributed by atoms with Crippen molar-refractivity contribution >= 4 is 12.2 Å². The van der Waals surface area contributed by atoms with Crippen LogP contribution in [-0.4, -0.2) is 9.97 Å². The van der Waals surface area contributed by atoms with E-state index in [1.807, 2.05) is 0 Å². The molecular weight excluding hydrogens is 180 g/mol. The average molecular weight is 194 g/mol. The Balaban J connectivity index is 2.53. The summed E-state index contributed by atoms with van der Waals surface area (Å²) in [5.41, 5.74) is 3.86. The molecule has 0 saturated carbocycles. The maximum Gasteiger partial charge on any atom is 0.197 e. The Morgan fingerprint density at radius 2 is 2.00 bits per heavy atom. The second kappa shape index (κ2) is 3.58. The van der Waals surface area contributed by atoms with Gasteiger partial charge in [-0.1, -0.05) is 6.42 Å². The summed E-state index contributed by atoms with van der Waals surface area (Å²) < 4.78 is 0.637. The maximum absolute atomic E-state index is 5.06. The van der Waals surface area contributed by atoms with E-state index >= 15 is 0 Å². The number of aromatic amines is 1. The minimum Gasteiger partial charge on any atom is -0.335 e. The molecule has 0 unspecified atom stereocenters. The summed E-state index contributed by atoms with van der Waals surface area (Å²) in [4.78, 5) is 7.52. The van der Waals surface area contributed by atoms with Crippen molar-refractivity contribution in [2.24, 2.45) is 0 Å². The predicted molar refractivity (Wildman–Crippen MR) is 55.4 cm³/mol. The number of fused-ring (bicyclic) bond motifs is 1. The van der Waals surface area contributed by atoms with Gasteiger partial charge in [0.2, 0.25) is 0 Å². The summed E-state index contributed by atoms with van der Waals surface area (Å²) in [5, 5.41) is 0. The van der Waals surface area contributed by atoms with Crippen LogP contribution in [0.1, 0.15) is 36.2 Å². The number of hydrogen-bond acceptors (Lipinski definition) is 2. The Kier molecular flexibility index (Phi) is 2.44. The molecule has 1 aromatic heterocycles. The van der Waals surface area contributed by atoms with E-state index in [1.165, 1.54) is 42.6 Å². The van der Waals surface area contributed by atoms with Gasteiger partial charge in [0.15, 0.2) is 4.77 Å². The first-order chi connectivity index (χ1) is 6.27. The van der Waals surface area contributed by atoms with Crippen LogP contribution < -0.4 is 0 Å². The molecular formula is C10H14N2S. The van der Waals surface area contributed by atoms with E-state index in [1.54, 1.807) is 0 Å². The van der Waals surface area contributed by atoms with Gasteiger partial charge >= 0.3 is 0 Å². The maximum atomic E-state index is 5.06. The Bertz CT molecular complexity index is 368. The van der Waals surface area contributed by atoms with E-state index in [0.29, 0.717) is 4.77 Å². The van der Waals surface area contributed by atoms with Crippen molar-refractivity contribution in [1.29, 1.82) is 0 Å². The number of hydrogen-bond donors (Lipinski definition) is 1. The molecule has 1 aliphatic carbocycles. The van der Waals surface area contributed by atoms with Crippen molar-refractivity contribution in [1.82, 2.24) is 9.97 Å². The monoisotopic (exact) mass is 194 g/mol. The molecule has 0 fully saturated rings. The number of H-pyrrole nitrogens is 1. The zero-order chi connectivity index (χ0) is 9.26. The van der Waals surface area contributed by atoms with Crippen LogP contribution in [0.25, 0.3) is 0 Å². The van der Waals surface area contributed by atoms with Gasteiger partial charge in [0, 0.05) is 11.4 Å². The molecule has 13 heavy (non-hydrogen) atoms. The smallest absolute Gasteiger partial charge is 0.197 e. The summed E-state index contributed by atoms with van der Waals surface area (Å²) >= 11 is 5.06. The van der Waals surface area contributed by atoms with Crippen molar-refractivity contribution in [2.75, 3.05) is 0 Å². The first kappa shape index (κ1) is 8.88. The lowest BCUT2D eigenvalue weighted by molar-refractivity contribution is 0.708. The fourth-order valence-corrected chi connectivity index (χ4v) is 2.24. The van der Waals surface area contributed by atoms with Gasteiger partial charge in [-0.15, -0.1) is 0 Å². The van der Waals surface area contributed by atoms with E-state index in [0.717, 1.165) is 6.42 Å². The Morgan fingerprint density at radius 3 is 2.85 bits per heavy atom. The third-order valence-electron chi connectivity index (χ3n) is 2.67. The van der Waals surface area contributed by atoms with E-state index < -0.39 is 0 Å². The number of aryl methyl sites for hydroxylation is 2. The van der Waals surface area contributed by atoms with E-state index in [2.05, 4.69) is 16.9 Å². The van der Waals surface area contributed by atoms with Gasteiger partial charge in [-0.2, -0.15) is 0 Å². The minimum atomic E-state index is 0.637. The third-order valence-corrected chi connectivity index (χ3v) is 2.87. The highest BCUT2D eigenvalue weighted by molar-refractivity contribution is 7.71. The largest absolute Gasteiger partial charge is 0.335 e. The van der Waals surface area contributed by atoms with Crippen LogP contribution in [-0.2, 0) is 12.8 Å². The van der Waals surface area contributed by atoms with Gasteiger partial charge in [-0.05, 0) is 50.4 Å².